The first-order valence-corrected chi connectivity index (χ1v) is 13.8. The van der Waals surface area contributed by atoms with Gasteiger partial charge in [0.15, 0.2) is 5.78 Å². The highest BCUT2D eigenvalue weighted by Gasteiger charge is 2.16. The van der Waals surface area contributed by atoms with Crippen molar-refractivity contribution in [2.45, 2.75) is 45.6 Å². The van der Waals surface area contributed by atoms with Crippen molar-refractivity contribution in [1.82, 2.24) is 24.5 Å². The van der Waals surface area contributed by atoms with Crippen molar-refractivity contribution in [2.75, 3.05) is 25.0 Å². The molecule has 0 atom stereocenters. The molecule has 0 bridgehead atoms. The molecule has 39 heavy (non-hydrogen) atoms. The van der Waals surface area contributed by atoms with Crippen LogP contribution in [0.1, 0.15) is 46.4 Å². The number of piperidine rings is 1. The highest BCUT2D eigenvalue weighted by atomic mass is 35.5. The van der Waals surface area contributed by atoms with Gasteiger partial charge in [0.05, 0.1) is 41.8 Å². The number of aromatic nitrogens is 4. The zero-order valence-corrected chi connectivity index (χ0v) is 22.9. The molecule has 0 radical (unpaired) electrons. The van der Waals surface area contributed by atoms with E-state index in [0.717, 1.165) is 48.7 Å². The third-order valence-corrected chi connectivity index (χ3v) is 7.54. The van der Waals surface area contributed by atoms with E-state index >= 15 is 0 Å². The number of anilines is 1. The first-order chi connectivity index (χ1) is 19.0. The smallest absolute Gasteiger partial charge is 0.228 e. The van der Waals surface area contributed by atoms with Crippen LogP contribution in [-0.4, -0.2) is 55.8 Å². The lowest BCUT2D eigenvalue weighted by molar-refractivity contribution is -0.115. The lowest BCUT2D eigenvalue weighted by atomic mass is 10.0. The van der Waals surface area contributed by atoms with Crippen molar-refractivity contribution in [3.8, 4) is 5.69 Å². The molecule has 0 aliphatic carbocycles. The highest BCUT2D eigenvalue weighted by Crippen LogP contribution is 2.21. The second-order valence-corrected chi connectivity index (χ2v) is 10.4. The first-order valence-electron chi connectivity index (χ1n) is 13.4. The molecular formula is C30H33ClN6O2. The van der Waals surface area contributed by atoms with E-state index in [0.29, 0.717) is 22.7 Å². The van der Waals surface area contributed by atoms with Gasteiger partial charge in [-0.05, 0) is 62.7 Å². The summed E-state index contributed by atoms with van der Waals surface area (Å²) in [5, 5.41) is 12.3. The summed E-state index contributed by atoms with van der Waals surface area (Å²) in [4.78, 5) is 28.2. The number of halogens is 1. The Morgan fingerprint density at radius 3 is 2.59 bits per heavy atom. The summed E-state index contributed by atoms with van der Waals surface area (Å²) in [6.07, 6.45) is 9.60. The van der Waals surface area contributed by atoms with Crippen LogP contribution in [0.15, 0.2) is 67.1 Å². The minimum absolute atomic E-state index is 0.0297. The van der Waals surface area contributed by atoms with E-state index < -0.39 is 0 Å². The normalized spacial score (nSPS) is 13.9. The van der Waals surface area contributed by atoms with Crippen molar-refractivity contribution in [3.63, 3.8) is 0 Å². The van der Waals surface area contributed by atoms with E-state index in [1.807, 2.05) is 54.2 Å². The molecule has 1 N–H and O–H groups in total. The number of carbonyl (C=O) groups is 2. The number of ketones is 1. The van der Waals surface area contributed by atoms with Gasteiger partial charge < -0.3 is 10.2 Å². The van der Waals surface area contributed by atoms with Crippen molar-refractivity contribution in [1.29, 1.82) is 0 Å². The SMILES string of the molecule is Cc1c(CC(=O)c2cccc(-n3cc(CC(=O)Nc4ccccc4Cl)cn3)c2)cnn1CCN1CCCCC1. The Morgan fingerprint density at radius 2 is 1.77 bits per heavy atom. The maximum atomic E-state index is 13.2. The van der Waals surface area contributed by atoms with Crippen LogP contribution < -0.4 is 5.32 Å². The molecule has 202 valence electrons. The summed E-state index contributed by atoms with van der Waals surface area (Å²) in [5.74, 6) is -0.152. The maximum absolute atomic E-state index is 13.2. The number of carbonyl (C=O) groups excluding carboxylic acids is 2. The molecule has 1 fully saturated rings. The number of hydrogen-bond acceptors (Lipinski definition) is 5. The van der Waals surface area contributed by atoms with Gasteiger partial charge in [-0.25, -0.2) is 4.68 Å². The number of amides is 1. The number of hydrogen-bond donors (Lipinski definition) is 1. The van der Waals surface area contributed by atoms with Gasteiger partial charge in [-0.2, -0.15) is 10.2 Å². The van der Waals surface area contributed by atoms with Crippen LogP contribution in [0.3, 0.4) is 0 Å². The monoisotopic (exact) mass is 544 g/mol. The van der Waals surface area contributed by atoms with Crippen LogP contribution in [0.4, 0.5) is 5.69 Å². The quantitative estimate of drug-likeness (QED) is 0.280. The maximum Gasteiger partial charge on any atom is 0.228 e. The van der Waals surface area contributed by atoms with Crippen molar-refractivity contribution < 1.29 is 9.59 Å². The lowest BCUT2D eigenvalue weighted by Crippen LogP contribution is -2.32. The average molecular weight is 545 g/mol. The summed E-state index contributed by atoms with van der Waals surface area (Å²) < 4.78 is 3.69. The van der Waals surface area contributed by atoms with Gasteiger partial charge >= 0.3 is 0 Å². The Balaban J connectivity index is 1.20. The predicted octanol–water partition coefficient (Wildman–Crippen LogP) is 5.12. The number of nitrogens with zero attached hydrogens (tertiary/aromatic N) is 5. The van der Waals surface area contributed by atoms with Crippen molar-refractivity contribution in [3.05, 3.63) is 94.5 Å². The van der Waals surface area contributed by atoms with E-state index in [1.165, 1.54) is 19.3 Å². The minimum Gasteiger partial charge on any atom is -0.324 e. The minimum atomic E-state index is -0.182. The molecule has 4 aromatic rings. The van der Waals surface area contributed by atoms with Crippen LogP contribution in [-0.2, 0) is 24.2 Å². The number of benzene rings is 2. The lowest BCUT2D eigenvalue weighted by Gasteiger charge is -2.26. The van der Waals surface area contributed by atoms with E-state index in [-0.39, 0.29) is 18.1 Å². The average Bonchev–Trinajstić information content (AvgIpc) is 3.56. The van der Waals surface area contributed by atoms with Gasteiger partial charge in [0, 0.05) is 36.0 Å². The summed E-state index contributed by atoms with van der Waals surface area (Å²) in [7, 11) is 0. The Morgan fingerprint density at radius 1 is 0.949 bits per heavy atom. The van der Waals surface area contributed by atoms with Gasteiger partial charge in [0.1, 0.15) is 0 Å². The largest absolute Gasteiger partial charge is 0.324 e. The van der Waals surface area contributed by atoms with Crippen LogP contribution >= 0.6 is 11.6 Å². The fourth-order valence-corrected chi connectivity index (χ4v) is 5.12. The summed E-state index contributed by atoms with van der Waals surface area (Å²) in [6, 6.07) is 14.5. The van der Waals surface area contributed by atoms with Gasteiger partial charge in [-0.3, -0.25) is 14.3 Å². The van der Waals surface area contributed by atoms with Gasteiger partial charge in [0.2, 0.25) is 5.91 Å². The Hall–Kier alpha value is -3.75. The molecule has 1 amide bonds. The molecule has 2 aromatic carbocycles. The summed E-state index contributed by atoms with van der Waals surface area (Å²) >= 11 is 6.13. The second-order valence-electron chi connectivity index (χ2n) is 10.0. The number of nitrogens with one attached hydrogen (secondary N) is 1. The van der Waals surface area contributed by atoms with E-state index in [2.05, 4.69) is 20.4 Å². The number of Topliss-reactive ketones (excluding diaryl/α,β-unsaturated/α-hetero) is 1. The molecule has 2 aromatic heterocycles. The summed E-state index contributed by atoms with van der Waals surface area (Å²) in [6.45, 7) is 6.19. The van der Waals surface area contributed by atoms with Gasteiger partial charge in [0.25, 0.3) is 0 Å². The van der Waals surface area contributed by atoms with Crippen molar-refractivity contribution >= 4 is 29.0 Å². The van der Waals surface area contributed by atoms with E-state index in [9.17, 15) is 9.59 Å². The van der Waals surface area contributed by atoms with Gasteiger partial charge in [-0.15, -0.1) is 0 Å². The molecule has 5 rings (SSSR count). The molecule has 1 aliphatic rings. The van der Waals surface area contributed by atoms with Crippen LogP contribution in [0.25, 0.3) is 5.69 Å². The molecule has 1 aliphatic heterocycles. The van der Waals surface area contributed by atoms with Gasteiger partial charge in [-0.1, -0.05) is 42.3 Å². The molecule has 3 heterocycles. The first kappa shape index (κ1) is 26.8. The molecule has 1 saturated heterocycles. The fraction of sp³-hybridized carbons (Fsp3) is 0.333. The van der Waals surface area contributed by atoms with E-state index in [1.54, 1.807) is 29.2 Å². The standard InChI is InChI=1S/C30H33ClN6O2/c1-22-25(20-33-36(22)15-14-35-12-5-2-6-13-35)18-29(38)24-8-7-9-26(17-24)37-21-23(19-32-37)16-30(39)34-28-11-4-3-10-27(28)31/h3-4,7-11,17,19-21H,2,5-6,12-16,18H2,1H3,(H,34,39). The Bertz CT molecular complexity index is 1450. The molecule has 0 saturated carbocycles. The Labute approximate surface area is 233 Å². The van der Waals surface area contributed by atoms with Crippen LogP contribution in [0.5, 0.6) is 0 Å². The van der Waals surface area contributed by atoms with E-state index in [4.69, 9.17) is 11.6 Å². The third-order valence-electron chi connectivity index (χ3n) is 7.21. The van der Waals surface area contributed by atoms with Crippen molar-refractivity contribution in [2.24, 2.45) is 0 Å². The number of rotatable bonds is 10. The fourth-order valence-electron chi connectivity index (χ4n) is 4.94. The summed E-state index contributed by atoms with van der Waals surface area (Å²) in [5.41, 5.74) is 4.70. The molecule has 0 spiro atoms. The Kier molecular flexibility index (Phi) is 8.54. The zero-order valence-electron chi connectivity index (χ0n) is 22.1. The van der Waals surface area contributed by atoms with Crippen LogP contribution in [0.2, 0.25) is 5.02 Å². The number of likely N-dealkylation sites (tertiary alicyclic amines) is 1. The molecule has 0 unspecified atom stereocenters. The molecule has 8 nitrogen and oxygen atoms in total. The second kappa shape index (κ2) is 12.4. The molecule has 9 heteroatoms. The van der Waals surface area contributed by atoms with Crippen LogP contribution in [0, 0.1) is 6.92 Å². The topological polar surface area (TPSA) is 85.0 Å². The third kappa shape index (κ3) is 6.82. The molecular weight excluding hydrogens is 512 g/mol. The highest BCUT2D eigenvalue weighted by molar-refractivity contribution is 6.33. The predicted molar refractivity (Wildman–Crippen MR) is 153 cm³/mol. The zero-order chi connectivity index (χ0) is 27.2. The number of para-hydroxylation sites is 1.